The fraction of sp³-hybridized carbons (Fsp3) is 0.385. The summed E-state index contributed by atoms with van der Waals surface area (Å²) in [5.74, 6) is 1.36. The van der Waals surface area contributed by atoms with Gasteiger partial charge in [0.05, 0.1) is 11.4 Å². The van der Waals surface area contributed by atoms with Gasteiger partial charge in [-0.2, -0.15) is 11.3 Å². The van der Waals surface area contributed by atoms with Gasteiger partial charge in [-0.05, 0) is 25.3 Å². The van der Waals surface area contributed by atoms with Crippen LogP contribution in [0.3, 0.4) is 0 Å². The molecule has 6 heteroatoms. The van der Waals surface area contributed by atoms with Gasteiger partial charge in [0.25, 0.3) is 0 Å². The Kier molecular flexibility index (Phi) is 5.42. The Hall–Kier alpha value is -0.850. The quantitative estimate of drug-likeness (QED) is 0.885. The van der Waals surface area contributed by atoms with Crippen molar-refractivity contribution in [2.24, 2.45) is 0 Å². The minimum Gasteiger partial charge on any atom is -0.353 e. The number of nitrogens with zero attached hydrogens (tertiary/aromatic N) is 1. The van der Waals surface area contributed by atoms with Gasteiger partial charge >= 0.3 is 0 Å². The van der Waals surface area contributed by atoms with Crippen LogP contribution in [0.25, 0.3) is 10.6 Å². The van der Waals surface area contributed by atoms with E-state index < -0.39 is 0 Å². The number of nitrogens with one attached hydrogen (secondary N) is 1. The first-order valence-electron chi connectivity index (χ1n) is 5.99. The molecule has 102 valence electrons. The van der Waals surface area contributed by atoms with Crippen LogP contribution in [-0.4, -0.2) is 22.7 Å². The van der Waals surface area contributed by atoms with E-state index >= 15 is 0 Å². The summed E-state index contributed by atoms with van der Waals surface area (Å²) in [5.41, 5.74) is 2.23. The molecule has 0 atom stereocenters. The Morgan fingerprint density at radius 2 is 2.32 bits per heavy atom. The molecule has 0 aliphatic heterocycles. The second kappa shape index (κ2) is 7.07. The van der Waals surface area contributed by atoms with Crippen molar-refractivity contribution in [1.82, 2.24) is 10.3 Å². The molecule has 0 saturated carbocycles. The molecule has 0 aliphatic rings. The third kappa shape index (κ3) is 4.63. The van der Waals surface area contributed by atoms with E-state index in [4.69, 9.17) is 0 Å². The Morgan fingerprint density at radius 3 is 3.00 bits per heavy atom. The van der Waals surface area contributed by atoms with Gasteiger partial charge in [0.2, 0.25) is 5.91 Å². The molecule has 1 amide bonds. The van der Waals surface area contributed by atoms with Crippen molar-refractivity contribution in [2.75, 3.05) is 5.75 Å². The normalized spacial score (nSPS) is 10.9. The molecule has 2 heterocycles. The van der Waals surface area contributed by atoms with Crippen molar-refractivity contribution in [3.63, 3.8) is 0 Å². The van der Waals surface area contributed by atoms with Gasteiger partial charge in [-0.1, -0.05) is 0 Å². The lowest BCUT2D eigenvalue weighted by Gasteiger charge is -2.07. The zero-order valence-electron chi connectivity index (χ0n) is 10.9. The van der Waals surface area contributed by atoms with Crippen LogP contribution in [0.1, 0.15) is 19.5 Å². The van der Waals surface area contributed by atoms with Gasteiger partial charge < -0.3 is 5.32 Å². The van der Waals surface area contributed by atoms with Crippen molar-refractivity contribution >= 4 is 40.3 Å². The summed E-state index contributed by atoms with van der Waals surface area (Å²) >= 11 is 4.94. The third-order valence-corrected chi connectivity index (χ3v) is 4.84. The van der Waals surface area contributed by atoms with Gasteiger partial charge in [0.1, 0.15) is 5.01 Å². The van der Waals surface area contributed by atoms with Crippen molar-refractivity contribution in [3.05, 3.63) is 27.9 Å². The lowest BCUT2D eigenvalue weighted by Crippen LogP contribution is -2.31. The molecule has 1 N–H and O–H groups in total. The maximum absolute atomic E-state index is 11.5. The molecule has 3 nitrogen and oxygen atoms in total. The van der Waals surface area contributed by atoms with Crippen molar-refractivity contribution < 1.29 is 4.79 Å². The standard InChI is InChI=1S/C13H16N2OS3/c1-9(2)14-12(16)8-18-6-11-7-19-13(15-11)10-3-4-17-5-10/h3-5,7,9H,6,8H2,1-2H3,(H,14,16). The summed E-state index contributed by atoms with van der Waals surface area (Å²) in [6.07, 6.45) is 0. The van der Waals surface area contributed by atoms with E-state index in [9.17, 15) is 4.79 Å². The second-order valence-electron chi connectivity index (χ2n) is 4.37. The smallest absolute Gasteiger partial charge is 0.230 e. The number of aromatic nitrogens is 1. The first-order chi connectivity index (χ1) is 9.15. The van der Waals surface area contributed by atoms with Gasteiger partial charge in [-0.3, -0.25) is 4.79 Å². The zero-order chi connectivity index (χ0) is 13.7. The van der Waals surface area contributed by atoms with Crippen LogP contribution in [-0.2, 0) is 10.5 Å². The fourth-order valence-corrected chi connectivity index (χ4v) is 3.87. The molecule has 2 aromatic heterocycles. The molecule has 2 aromatic rings. The van der Waals surface area contributed by atoms with E-state index in [0.29, 0.717) is 5.75 Å². The van der Waals surface area contributed by atoms with Crippen molar-refractivity contribution in [2.45, 2.75) is 25.6 Å². The van der Waals surface area contributed by atoms with Crippen LogP contribution in [0.5, 0.6) is 0 Å². The van der Waals surface area contributed by atoms with E-state index in [2.05, 4.69) is 32.5 Å². The predicted molar refractivity (Wildman–Crippen MR) is 84.9 cm³/mol. The van der Waals surface area contributed by atoms with E-state index in [1.807, 2.05) is 13.8 Å². The van der Waals surface area contributed by atoms with E-state index in [1.54, 1.807) is 34.4 Å². The van der Waals surface area contributed by atoms with E-state index in [-0.39, 0.29) is 11.9 Å². The van der Waals surface area contributed by atoms with Gasteiger partial charge in [0, 0.05) is 28.1 Å². The number of carbonyl (C=O) groups excluding carboxylic acids is 1. The minimum absolute atomic E-state index is 0.0910. The molecule has 0 spiro atoms. The molecule has 0 unspecified atom stereocenters. The maximum atomic E-state index is 11.5. The number of thiazole rings is 1. The summed E-state index contributed by atoms with van der Waals surface area (Å²) in [7, 11) is 0. The highest BCUT2D eigenvalue weighted by Crippen LogP contribution is 2.26. The summed E-state index contributed by atoms with van der Waals surface area (Å²) in [6, 6.07) is 2.29. The monoisotopic (exact) mass is 312 g/mol. The Bertz CT molecular complexity index is 520. The molecule has 0 radical (unpaired) electrons. The molecule has 0 saturated heterocycles. The average molecular weight is 312 g/mol. The number of hydrogen-bond acceptors (Lipinski definition) is 5. The van der Waals surface area contributed by atoms with Crippen molar-refractivity contribution in [3.8, 4) is 10.6 Å². The largest absolute Gasteiger partial charge is 0.353 e. The molecule has 0 aromatic carbocycles. The Morgan fingerprint density at radius 1 is 1.47 bits per heavy atom. The van der Waals surface area contributed by atoms with Crippen LogP contribution < -0.4 is 5.32 Å². The number of rotatable bonds is 6. The van der Waals surface area contributed by atoms with Crippen LogP contribution in [0.2, 0.25) is 0 Å². The maximum Gasteiger partial charge on any atom is 0.230 e. The number of carbonyl (C=O) groups is 1. The number of hydrogen-bond donors (Lipinski definition) is 1. The Balaban J connectivity index is 1.79. The van der Waals surface area contributed by atoms with Crippen molar-refractivity contribution in [1.29, 1.82) is 0 Å². The molecule has 0 bridgehead atoms. The van der Waals surface area contributed by atoms with Crippen LogP contribution >= 0.6 is 34.4 Å². The minimum atomic E-state index is 0.0910. The zero-order valence-corrected chi connectivity index (χ0v) is 13.3. The molecular weight excluding hydrogens is 296 g/mol. The second-order valence-corrected chi connectivity index (χ2v) is 6.99. The highest BCUT2D eigenvalue weighted by Gasteiger charge is 2.07. The number of thiophene rings is 1. The lowest BCUT2D eigenvalue weighted by atomic mass is 10.4. The fourth-order valence-electron chi connectivity index (χ4n) is 1.50. The van der Waals surface area contributed by atoms with E-state index in [0.717, 1.165) is 16.5 Å². The molecular formula is C13H16N2OS3. The first kappa shape index (κ1) is 14.6. The van der Waals surface area contributed by atoms with Crippen LogP contribution in [0.15, 0.2) is 22.2 Å². The van der Waals surface area contributed by atoms with Gasteiger partial charge in [0.15, 0.2) is 0 Å². The first-order valence-corrected chi connectivity index (χ1v) is 8.97. The number of thioether (sulfide) groups is 1. The third-order valence-electron chi connectivity index (χ3n) is 2.25. The van der Waals surface area contributed by atoms with Gasteiger partial charge in [-0.25, -0.2) is 4.98 Å². The molecule has 2 rings (SSSR count). The molecule has 19 heavy (non-hydrogen) atoms. The summed E-state index contributed by atoms with van der Waals surface area (Å²) in [5, 5.41) is 10.2. The number of amides is 1. The molecule has 0 fully saturated rings. The topological polar surface area (TPSA) is 42.0 Å². The highest BCUT2D eigenvalue weighted by atomic mass is 32.2. The highest BCUT2D eigenvalue weighted by molar-refractivity contribution is 7.99. The summed E-state index contributed by atoms with van der Waals surface area (Å²) < 4.78 is 0. The summed E-state index contributed by atoms with van der Waals surface area (Å²) in [4.78, 5) is 16.1. The van der Waals surface area contributed by atoms with Crippen LogP contribution in [0.4, 0.5) is 0 Å². The van der Waals surface area contributed by atoms with E-state index in [1.165, 1.54) is 5.56 Å². The molecule has 0 aliphatic carbocycles. The SMILES string of the molecule is CC(C)NC(=O)CSCc1csc(-c2ccsc2)n1. The average Bonchev–Trinajstić information content (AvgIpc) is 2.97. The lowest BCUT2D eigenvalue weighted by molar-refractivity contribution is -0.119. The van der Waals surface area contributed by atoms with Gasteiger partial charge in [-0.15, -0.1) is 23.1 Å². The summed E-state index contributed by atoms with van der Waals surface area (Å²) in [6.45, 7) is 3.94. The van der Waals surface area contributed by atoms with Crippen LogP contribution in [0, 0.1) is 0 Å². The predicted octanol–water partition coefficient (Wildman–Crippen LogP) is 3.63. The Labute approximate surface area is 125 Å².